The summed E-state index contributed by atoms with van der Waals surface area (Å²) in [5.74, 6) is 0.370. The van der Waals surface area contributed by atoms with Crippen molar-refractivity contribution in [2.45, 2.75) is 46.0 Å². The third-order valence-corrected chi connectivity index (χ3v) is 2.84. The summed E-state index contributed by atoms with van der Waals surface area (Å²) in [6.07, 6.45) is 5.94. The van der Waals surface area contributed by atoms with Crippen molar-refractivity contribution >= 4 is 5.69 Å². The van der Waals surface area contributed by atoms with Crippen LogP contribution in [0.4, 0.5) is 5.69 Å². The number of benzene rings is 1. The largest absolute Gasteiger partial charge is 0.506 e. The zero-order valence-electron chi connectivity index (χ0n) is 10.4. The highest BCUT2D eigenvalue weighted by atomic mass is 16.3. The summed E-state index contributed by atoms with van der Waals surface area (Å²) >= 11 is 0. The van der Waals surface area contributed by atoms with Crippen LogP contribution in [0.15, 0.2) is 18.2 Å². The van der Waals surface area contributed by atoms with E-state index in [0.29, 0.717) is 5.75 Å². The molecule has 0 spiro atoms. The first kappa shape index (κ1) is 12.9. The first-order chi connectivity index (χ1) is 7.79. The zero-order valence-corrected chi connectivity index (χ0v) is 10.4. The minimum atomic E-state index is 0.370. The molecule has 0 aromatic heterocycles. The first-order valence-corrected chi connectivity index (χ1v) is 6.34. The van der Waals surface area contributed by atoms with E-state index < -0.39 is 0 Å². The summed E-state index contributed by atoms with van der Waals surface area (Å²) in [4.78, 5) is 0. The molecule has 90 valence electrons. The Labute approximate surface area is 98.7 Å². The van der Waals surface area contributed by atoms with E-state index in [9.17, 15) is 5.11 Å². The lowest BCUT2D eigenvalue weighted by molar-refractivity contribution is 0.476. The van der Waals surface area contributed by atoms with Crippen molar-refractivity contribution in [2.24, 2.45) is 0 Å². The summed E-state index contributed by atoms with van der Waals surface area (Å²) in [6, 6.07) is 5.71. The molecule has 0 saturated carbocycles. The Morgan fingerprint density at radius 2 is 1.94 bits per heavy atom. The molecule has 0 bridgehead atoms. The molecule has 16 heavy (non-hydrogen) atoms. The fourth-order valence-electron chi connectivity index (χ4n) is 1.85. The number of hydrogen-bond donors (Lipinski definition) is 2. The number of para-hydroxylation sites is 1. The molecular weight excluding hydrogens is 198 g/mol. The predicted molar refractivity (Wildman–Crippen MR) is 70.1 cm³/mol. The van der Waals surface area contributed by atoms with Crippen molar-refractivity contribution in [3.05, 3.63) is 23.8 Å². The van der Waals surface area contributed by atoms with E-state index in [4.69, 9.17) is 0 Å². The second kappa shape index (κ2) is 7.15. The lowest BCUT2D eigenvalue weighted by Gasteiger charge is -2.12. The van der Waals surface area contributed by atoms with Crippen molar-refractivity contribution in [2.75, 3.05) is 11.9 Å². The predicted octanol–water partition coefficient (Wildman–Crippen LogP) is 3.95. The quantitative estimate of drug-likeness (QED) is 0.540. The SMILES string of the molecule is CCCCCCNc1c(O)cccc1CC. The Morgan fingerprint density at radius 3 is 2.62 bits per heavy atom. The molecule has 0 atom stereocenters. The maximum absolute atomic E-state index is 9.76. The van der Waals surface area contributed by atoms with Gasteiger partial charge in [0.05, 0.1) is 5.69 Å². The van der Waals surface area contributed by atoms with Gasteiger partial charge >= 0.3 is 0 Å². The van der Waals surface area contributed by atoms with Crippen LogP contribution in [0.5, 0.6) is 5.75 Å². The maximum Gasteiger partial charge on any atom is 0.138 e. The summed E-state index contributed by atoms with van der Waals surface area (Å²) in [7, 11) is 0. The molecule has 0 radical (unpaired) electrons. The molecule has 0 amide bonds. The lowest BCUT2D eigenvalue weighted by Crippen LogP contribution is -2.04. The highest BCUT2D eigenvalue weighted by Crippen LogP contribution is 2.27. The molecule has 0 aliphatic rings. The van der Waals surface area contributed by atoms with Crippen molar-refractivity contribution in [1.29, 1.82) is 0 Å². The Balaban J connectivity index is 2.46. The number of nitrogens with one attached hydrogen (secondary N) is 1. The van der Waals surface area contributed by atoms with Gasteiger partial charge in [-0.2, -0.15) is 0 Å². The molecule has 1 aromatic carbocycles. The van der Waals surface area contributed by atoms with Crippen LogP contribution in [0.25, 0.3) is 0 Å². The number of anilines is 1. The Morgan fingerprint density at radius 1 is 1.12 bits per heavy atom. The third-order valence-electron chi connectivity index (χ3n) is 2.84. The van der Waals surface area contributed by atoms with Crippen LogP contribution in [-0.2, 0) is 6.42 Å². The molecular formula is C14H23NO. The van der Waals surface area contributed by atoms with Gasteiger partial charge in [-0.3, -0.25) is 0 Å². The third kappa shape index (κ3) is 3.76. The van der Waals surface area contributed by atoms with Gasteiger partial charge in [0.25, 0.3) is 0 Å². The number of rotatable bonds is 7. The summed E-state index contributed by atoms with van der Waals surface area (Å²) in [6.45, 7) is 5.27. The number of phenolic OH excluding ortho intramolecular Hbond substituents is 1. The molecule has 2 N–H and O–H groups in total. The normalized spacial score (nSPS) is 10.4. The summed E-state index contributed by atoms with van der Waals surface area (Å²) in [5.41, 5.74) is 2.11. The molecule has 2 heteroatoms. The van der Waals surface area contributed by atoms with Gasteiger partial charge < -0.3 is 10.4 Å². The molecule has 2 nitrogen and oxygen atoms in total. The number of hydrogen-bond acceptors (Lipinski definition) is 2. The molecule has 0 fully saturated rings. The molecule has 0 aliphatic heterocycles. The average molecular weight is 221 g/mol. The molecule has 1 aromatic rings. The zero-order chi connectivity index (χ0) is 11.8. The van der Waals surface area contributed by atoms with Crippen molar-refractivity contribution in [1.82, 2.24) is 0 Å². The van der Waals surface area contributed by atoms with Crippen LogP contribution in [0.2, 0.25) is 0 Å². The smallest absolute Gasteiger partial charge is 0.138 e. The van der Waals surface area contributed by atoms with E-state index >= 15 is 0 Å². The first-order valence-electron chi connectivity index (χ1n) is 6.34. The molecule has 0 aliphatic carbocycles. The lowest BCUT2D eigenvalue weighted by atomic mass is 10.1. The fourth-order valence-corrected chi connectivity index (χ4v) is 1.85. The van der Waals surface area contributed by atoms with E-state index in [1.807, 2.05) is 6.07 Å². The van der Waals surface area contributed by atoms with Gasteiger partial charge in [-0.1, -0.05) is 45.2 Å². The van der Waals surface area contributed by atoms with E-state index in [1.165, 1.54) is 31.2 Å². The van der Waals surface area contributed by atoms with E-state index in [0.717, 1.165) is 18.7 Å². The maximum atomic E-state index is 9.76. The number of aromatic hydroxyl groups is 1. The standard InChI is InChI=1S/C14H23NO/c1-3-5-6-7-11-15-14-12(4-2)9-8-10-13(14)16/h8-10,15-16H,3-7,11H2,1-2H3. The van der Waals surface area contributed by atoms with E-state index in [2.05, 4.69) is 25.2 Å². The van der Waals surface area contributed by atoms with Crippen LogP contribution in [-0.4, -0.2) is 11.7 Å². The van der Waals surface area contributed by atoms with Gasteiger partial charge in [0.15, 0.2) is 0 Å². The average Bonchev–Trinajstić information content (AvgIpc) is 2.30. The molecule has 1 rings (SSSR count). The van der Waals surface area contributed by atoms with Crippen molar-refractivity contribution in [3.63, 3.8) is 0 Å². The van der Waals surface area contributed by atoms with Gasteiger partial charge in [-0.25, -0.2) is 0 Å². The van der Waals surface area contributed by atoms with E-state index in [1.54, 1.807) is 6.07 Å². The Hall–Kier alpha value is -1.18. The van der Waals surface area contributed by atoms with Crippen LogP contribution >= 0.6 is 0 Å². The van der Waals surface area contributed by atoms with Crippen LogP contribution in [0.1, 0.15) is 45.1 Å². The minimum Gasteiger partial charge on any atom is -0.506 e. The minimum absolute atomic E-state index is 0.370. The van der Waals surface area contributed by atoms with Gasteiger partial charge in [-0.05, 0) is 24.5 Å². The molecule has 0 saturated heterocycles. The second-order valence-corrected chi connectivity index (χ2v) is 4.15. The van der Waals surface area contributed by atoms with Gasteiger partial charge in [0, 0.05) is 6.54 Å². The Kier molecular flexibility index (Phi) is 5.76. The number of unbranched alkanes of at least 4 members (excludes halogenated alkanes) is 3. The number of phenols is 1. The van der Waals surface area contributed by atoms with Crippen molar-refractivity contribution in [3.8, 4) is 5.75 Å². The van der Waals surface area contributed by atoms with Gasteiger partial charge in [0.1, 0.15) is 5.75 Å². The highest BCUT2D eigenvalue weighted by molar-refractivity contribution is 5.61. The molecule has 0 heterocycles. The van der Waals surface area contributed by atoms with Crippen molar-refractivity contribution < 1.29 is 5.11 Å². The van der Waals surface area contributed by atoms with Crippen LogP contribution in [0.3, 0.4) is 0 Å². The fraction of sp³-hybridized carbons (Fsp3) is 0.571. The summed E-state index contributed by atoms with van der Waals surface area (Å²) < 4.78 is 0. The van der Waals surface area contributed by atoms with Gasteiger partial charge in [0.2, 0.25) is 0 Å². The van der Waals surface area contributed by atoms with E-state index in [-0.39, 0.29) is 0 Å². The second-order valence-electron chi connectivity index (χ2n) is 4.15. The topological polar surface area (TPSA) is 32.3 Å². The summed E-state index contributed by atoms with van der Waals surface area (Å²) in [5, 5.41) is 13.1. The molecule has 0 unspecified atom stereocenters. The monoisotopic (exact) mass is 221 g/mol. The Bertz CT molecular complexity index is 310. The van der Waals surface area contributed by atoms with Gasteiger partial charge in [-0.15, -0.1) is 0 Å². The van der Waals surface area contributed by atoms with Crippen LogP contribution in [0, 0.1) is 0 Å². The highest BCUT2D eigenvalue weighted by Gasteiger charge is 2.04. The van der Waals surface area contributed by atoms with Crippen LogP contribution < -0.4 is 5.32 Å². The number of aryl methyl sites for hydroxylation is 1.